The molecule has 1 aromatic heterocycles. The van der Waals surface area contributed by atoms with Crippen LogP contribution in [-0.4, -0.2) is 21.7 Å². The third-order valence-corrected chi connectivity index (χ3v) is 7.05. The Morgan fingerprint density at radius 2 is 1.82 bits per heavy atom. The first-order valence-electron chi connectivity index (χ1n) is 13.1. The molecule has 0 aliphatic heterocycles. The number of carbonyl (C=O) groups excluding carboxylic acids is 1. The van der Waals surface area contributed by atoms with Crippen LogP contribution in [0.15, 0.2) is 90.6 Å². The minimum Gasteiger partial charge on any atom is -0.489 e. The lowest BCUT2D eigenvalue weighted by atomic mass is 9.95. The van der Waals surface area contributed by atoms with Gasteiger partial charge in [0, 0.05) is 28.4 Å². The van der Waals surface area contributed by atoms with Gasteiger partial charge in [0.05, 0.1) is 5.69 Å². The zero-order valence-corrected chi connectivity index (χ0v) is 22.3. The first-order valence-corrected chi connectivity index (χ1v) is 13.5. The van der Waals surface area contributed by atoms with Gasteiger partial charge < -0.3 is 10.1 Å². The number of nitrogens with one attached hydrogen (secondary N) is 1. The summed E-state index contributed by atoms with van der Waals surface area (Å²) in [5, 5.41) is 18.4. The number of ether oxygens (including phenoxy) is 1. The maximum Gasteiger partial charge on any atom is 0.262 e. The second-order valence-corrected chi connectivity index (χ2v) is 10.1. The van der Waals surface area contributed by atoms with Crippen LogP contribution in [0.1, 0.15) is 43.2 Å². The van der Waals surface area contributed by atoms with E-state index in [1.54, 1.807) is 10.8 Å². The van der Waals surface area contributed by atoms with Crippen LogP contribution in [0, 0.1) is 11.3 Å². The van der Waals surface area contributed by atoms with Gasteiger partial charge in [-0.2, -0.15) is 10.4 Å². The fourth-order valence-corrected chi connectivity index (χ4v) is 4.85. The van der Waals surface area contributed by atoms with Crippen LogP contribution in [0.5, 0.6) is 5.75 Å². The normalized spacial score (nSPS) is 14.0. The number of carbonyl (C=O) groups is 1. The highest BCUT2D eigenvalue weighted by molar-refractivity contribution is 6.30. The molecular weight excluding hydrogens is 508 g/mol. The van der Waals surface area contributed by atoms with Gasteiger partial charge in [0.15, 0.2) is 0 Å². The Morgan fingerprint density at radius 3 is 2.56 bits per heavy atom. The fourth-order valence-electron chi connectivity index (χ4n) is 4.72. The number of halogens is 1. The van der Waals surface area contributed by atoms with Crippen molar-refractivity contribution in [2.75, 3.05) is 0 Å². The monoisotopic (exact) mass is 536 g/mol. The van der Waals surface area contributed by atoms with E-state index in [2.05, 4.69) is 11.4 Å². The van der Waals surface area contributed by atoms with Crippen molar-refractivity contribution < 1.29 is 9.53 Å². The highest BCUT2D eigenvalue weighted by Crippen LogP contribution is 2.29. The van der Waals surface area contributed by atoms with Gasteiger partial charge in [-0.3, -0.25) is 4.79 Å². The van der Waals surface area contributed by atoms with Crippen LogP contribution in [0.3, 0.4) is 0 Å². The summed E-state index contributed by atoms with van der Waals surface area (Å²) < 4.78 is 7.80. The van der Waals surface area contributed by atoms with Gasteiger partial charge in [-0.15, -0.1) is 0 Å². The standard InChI is InChI=1S/C32H29ClN4O2/c33-27-16-14-23(15-17-27)22-39-30-13-7-8-24(19-30)31-26(21-37(36-31)29-11-5-2-6-12-29)18-25(20-34)32(38)35-28-9-3-1-4-10-28/h2,5-8,11-19,21,28H,1,3-4,9-10,22H2,(H,35,38)/b25-18-. The van der Waals surface area contributed by atoms with Gasteiger partial charge in [-0.1, -0.05) is 73.3 Å². The molecule has 39 heavy (non-hydrogen) atoms. The Balaban J connectivity index is 1.45. The Kier molecular flexibility index (Phi) is 8.40. The van der Waals surface area contributed by atoms with Crippen molar-refractivity contribution in [1.29, 1.82) is 5.26 Å². The van der Waals surface area contributed by atoms with E-state index in [1.807, 2.05) is 85.1 Å². The molecule has 0 atom stereocenters. The summed E-state index contributed by atoms with van der Waals surface area (Å²) >= 11 is 5.99. The van der Waals surface area contributed by atoms with E-state index >= 15 is 0 Å². The van der Waals surface area contributed by atoms with Crippen molar-refractivity contribution in [3.63, 3.8) is 0 Å². The molecule has 1 amide bonds. The summed E-state index contributed by atoms with van der Waals surface area (Å²) in [5.41, 5.74) is 4.07. The van der Waals surface area contributed by atoms with Crippen LogP contribution < -0.4 is 10.1 Å². The van der Waals surface area contributed by atoms with Crippen molar-refractivity contribution in [3.05, 3.63) is 107 Å². The molecule has 5 rings (SSSR count). The van der Waals surface area contributed by atoms with Crippen molar-refractivity contribution in [3.8, 4) is 28.8 Å². The Labute approximate surface area is 233 Å². The Morgan fingerprint density at radius 1 is 1.05 bits per heavy atom. The molecule has 0 radical (unpaired) electrons. The van der Waals surface area contributed by atoms with E-state index < -0.39 is 0 Å². The topological polar surface area (TPSA) is 79.9 Å². The minimum absolute atomic E-state index is 0.0598. The van der Waals surface area contributed by atoms with Gasteiger partial charge >= 0.3 is 0 Å². The second kappa shape index (κ2) is 12.5. The number of hydrogen-bond acceptors (Lipinski definition) is 4. The molecule has 0 saturated heterocycles. The number of amides is 1. The quantitative estimate of drug-likeness (QED) is 0.192. The molecule has 7 heteroatoms. The molecule has 1 saturated carbocycles. The number of rotatable bonds is 8. The molecule has 6 nitrogen and oxygen atoms in total. The molecule has 1 aliphatic rings. The average Bonchev–Trinajstić information content (AvgIpc) is 3.41. The van der Waals surface area contributed by atoms with E-state index in [0.717, 1.165) is 42.5 Å². The summed E-state index contributed by atoms with van der Waals surface area (Å²) in [6.07, 6.45) is 8.76. The van der Waals surface area contributed by atoms with Crippen LogP contribution >= 0.6 is 11.6 Å². The van der Waals surface area contributed by atoms with Crippen LogP contribution in [0.4, 0.5) is 0 Å². The SMILES string of the molecule is N#C/C(=C/c1cn(-c2ccccc2)nc1-c1cccc(OCc2ccc(Cl)cc2)c1)C(=O)NC1CCCCC1. The van der Waals surface area contributed by atoms with Gasteiger partial charge in [0.1, 0.15) is 29.7 Å². The van der Waals surface area contributed by atoms with Crippen LogP contribution in [0.2, 0.25) is 5.02 Å². The molecule has 3 aromatic carbocycles. The minimum atomic E-state index is -0.345. The summed E-state index contributed by atoms with van der Waals surface area (Å²) in [6, 6.07) is 27.1. The smallest absolute Gasteiger partial charge is 0.262 e. The van der Waals surface area contributed by atoms with E-state index in [0.29, 0.717) is 28.6 Å². The molecule has 0 bridgehead atoms. The Hall–Kier alpha value is -4.34. The molecule has 196 valence electrons. The third-order valence-electron chi connectivity index (χ3n) is 6.79. The van der Waals surface area contributed by atoms with E-state index in [-0.39, 0.29) is 17.5 Å². The van der Waals surface area contributed by atoms with E-state index in [9.17, 15) is 10.1 Å². The molecule has 1 aliphatic carbocycles. The van der Waals surface area contributed by atoms with Crippen molar-refractivity contribution in [2.24, 2.45) is 0 Å². The first kappa shape index (κ1) is 26.3. The molecular formula is C32H29ClN4O2. The molecule has 0 spiro atoms. The molecule has 4 aromatic rings. The predicted molar refractivity (Wildman–Crippen MR) is 153 cm³/mol. The van der Waals surface area contributed by atoms with Crippen LogP contribution in [0.25, 0.3) is 23.0 Å². The van der Waals surface area contributed by atoms with E-state index in [4.69, 9.17) is 21.4 Å². The maximum absolute atomic E-state index is 13.0. The number of aromatic nitrogens is 2. The van der Waals surface area contributed by atoms with Gasteiger partial charge in [-0.25, -0.2) is 4.68 Å². The zero-order chi connectivity index (χ0) is 27.0. The van der Waals surface area contributed by atoms with Crippen LogP contribution in [-0.2, 0) is 11.4 Å². The van der Waals surface area contributed by atoms with Gasteiger partial charge in [-0.05, 0) is 60.9 Å². The number of hydrogen-bond donors (Lipinski definition) is 1. The maximum atomic E-state index is 13.0. The highest BCUT2D eigenvalue weighted by Gasteiger charge is 2.20. The van der Waals surface area contributed by atoms with Gasteiger partial charge in [0.2, 0.25) is 0 Å². The lowest BCUT2D eigenvalue weighted by molar-refractivity contribution is -0.117. The summed E-state index contributed by atoms with van der Waals surface area (Å²) in [7, 11) is 0. The zero-order valence-electron chi connectivity index (χ0n) is 21.5. The van der Waals surface area contributed by atoms with Crippen molar-refractivity contribution >= 4 is 23.6 Å². The predicted octanol–water partition coefficient (Wildman–Crippen LogP) is 7.13. The average molecular weight is 537 g/mol. The molecule has 0 unspecified atom stereocenters. The first-order chi connectivity index (χ1) is 19.1. The number of para-hydroxylation sites is 1. The van der Waals surface area contributed by atoms with Crippen molar-refractivity contribution in [2.45, 2.75) is 44.8 Å². The fraction of sp³-hybridized carbons (Fsp3) is 0.219. The van der Waals surface area contributed by atoms with E-state index in [1.165, 1.54) is 6.42 Å². The lowest BCUT2D eigenvalue weighted by Crippen LogP contribution is -2.36. The third kappa shape index (κ3) is 6.76. The highest BCUT2D eigenvalue weighted by atomic mass is 35.5. The largest absolute Gasteiger partial charge is 0.489 e. The number of benzene rings is 3. The summed E-state index contributed by atoms with van der Waals surface area (Å²) in [6.45, 7) is 0.395. The summed E-state index contributed by atoms with van der Waals surface area (Å²) in [4.78, 5) is 13.0. The Bertz CT molecular complexity index is 1500. The molecule has 1 fully saturated rings. The van der Waals surface area contributed by atoms with Crippen molar-refractivity contribution in [1.82, 2.24) is 15.1 Å². The summed E-state index contributed by atoms with van der Waals surface area (Å²) in [5.74, 6) is 0.338. The number of nitrogens with zero attached hydrogens (tertiary/aromatic N) is 3. The van der Waals surface area contributed by atoms with Gasteiger partial charge in [0.25, 0.3) is 5.91 Å². The number of nitriles is 1. The lowest BCUT2D eigenvalue weighted by Gasteiger charge is -2.22. The molecule has 1 N–H and O–H groups in total. The second-order valence-electron chi connectivity index (χ2n) is 9.63. The molecule has 1 heterocycles.